The number of carbonyl (C=O) groups excluding carboxylic acids is 2. The van der Waals surface area contributed by atoms with Gasteiger partial charge in [0, 0.05) is 18.4 Å². The average molecular weight is 448 g/mol. The molecule has 1 amide bonds. The van der Waals surface area contributed by atoms with E-state index in [0.717, 1.165) is 10.0 Å². The molecule has 0 bridgehead atoms. The van der Waals surface area contributed by atoms with Gasteiger partial charge in [-0.05, 0) is 64.8 Å². The van der Waals surface area contributed by atoms with E-state index in [0.29, 0.717) is 30.2 Å². The molecule has 0 saturated heterocycles. The van der Waals surface area contributed by atoms with Crippen molar-refractivity contribution in [1.29, 1.82) is 0 Å². The van der Waals surface area contributed by atoms with Crippen LogP contribution < -0.4 is 10.1 Å². The van der Waals surface area contributed by atoms with E-state index in [4.69, 9.17) is 14.2 Å². The maximum atomic E-state index is 12.2. The Kier molecular flexibility index (Phi) is 8.71. The second kappa shape index (κ2) is 11.3. The van der Waals surface area contributed by atoms with E-state index in [2.05, 4.69) is 21.2 Å². The number of amides is 1. The summed E-state index contributed by atoms with van der Waals surface area (Å²) in [4.78, 5) is 24.2. The molecule has 0 aromatic heterocycles. The summed E-state index contributed by atoms with van der Waals surface area (Å²) in [5, 5.41) is 2.73. The SMILES string of the molecule is CCOCCOC(=O)c1cccc(NC(=O)/C=C/c2ccc(OC)c(Br)c2)c1. The minimum absolute atomic E-state index is 0.184. The Morgan fingerprint density at radius 2 is 1.96 bits per heavy atom. The molecule has 0 spiro atoms. The molecule has 0 fully saturated rings. The van der Waals surface area contributed by atoms with Gasteiger partial charge in [0.15, 0.2) is 0 Å². The third kappa shape index (κ3) is 6.83. The van der Waals surface area contributed by atoms with Crippen molar-refractivity contribution in [2.75, 3.05) is 32.2 Å². The average Bonchev–Trinajstić information content (AvgIpc) is 2.70. The molecule has 28 heavy (non-hydrogen) atoms. The Labute approximate surface area is 172 Å². The molecule has 2 aromatic carbocycles. The van der Waals surface area contributed by atoms with Crippen LogP contribution in [-0.4, -0.2) is 38.8 Å². The van der Waals surface area contributed by atoms with Crippen molar-refractivity contribution in [2.24, 2.45) is 0 Å². The molecule has 7 heteroatoms. The Hall–Kier alpha value is -2.64. The number of esters is 1. The molecule has 0 aliphatic heterocycles. The van der Waals surface area contributed by atoms with Gasteiger partial charge in [-0.15, -0.1) is 0 Å². The number of carbonyl (C=O) groups is 2. The molecular weight excluding hydrogens is 426 g/mol. The molecule has 0 saturated carbocycles. The fourth-order valence-electron chi connectivity index (χ4n) is 2.29. The summed E-state index contributed by atoms with van der Waals surface area (Å²) in [6.07, 6.45) is 3.10. The van der Waals surface area contributed by atoms with E-state index in [1.54, 1.807) is 37.5 Å². The molecule has 0 radical (unpaired) electrons. The lowest BCUT2D eigenvalue weighted by molar-refractivity contribution is -0.111. The van der Waals surface area contributed by atoms with Crippen molar-refractivity contribution < 1.29 is 23.8 Å². The van der Waals surface area contributed by atoms with Gasteiger partial charge in [0.25, 0.3) is 0 Å². The minimum atomic E-state index is -0.463. The summed E-state index contributed by atoms with van der Waals surface area (Å²) < 4.78 is 16.2. The molecule has 2 rings (SSSR count). The van der Waals surface area contributed by atoms with Gasteiger partial charge >= 0.3 is 5.97 Å². The highest BCUT2D eigenvalue weighted by atomic mass is 79.9. The second-order valence-corrected chi connectivity index (χ2v) is 6.48. The summed E-state index contributed by atoms with van der Waals surface area (Å²) in [6.45, 7) is 2.98. The number of halogens is 1. The number of benzene rings is 2. The van der Waals surface area contributed by atoms with Gasteiger partial charge in [-0.1, -0.05) is 12.1 Å². The summed E-state index contributed by atoms with van der Waals surface area (Å²) in [5.41, 5.74) is 1.71. The number of hydrogen-bond acceptors (Lipinski definition) is 5. The summed E-state index contributed by atoms with van der Waals surface area (Å²) in [5.74, 6) is -0.0604. The number of nitrogens with one attached hydrogen (secondary N) is 1. The maximum Gasteiger partial charge on any atom is 0.338 e. The summed E-state index contributed by atoms with van der Waals surface area (Å²) >= 11 is 3.41. The predicted octanol–water partition coefficient (Wildman–Crippen LogP) is 4.30. The zero-order valence-corrected chi connectivity index (χ0v) is 17.3. The van der Waals surface area contributed by atoms with Crippen LogP contribution in [0, 0.1) is 0 Å². The zero-order chi connectivity index (χ0) is 20.4. The Balaban J connectivity index is 1.94. The molecule has 0 heterocycles. The summed E-state index contributed by atoms with van der Waals surface area (Å²) in [7, 11) is 1.59. The number of hydrogen-bond donors (Lipinski definition) is 1. The van der Waals surface area contributed by atoms with Crippen molar-refractivity contribution in [1.82, 2.24) is 0 Å². The first-order valence-electron chi connectivity index (χ1n) is 8.71. The normalized spacial score (nSPS) is 10.7. The van der Waals surface area contributed by atoms with Gasteiger partial charge in [0.1, 0.15) is 12.4 Å². The van der Waals surface area contributed by atoms with Crippen LogP contribution in [0.1, 0.15) is 22.8 Å². The van der Waals surface area contributed by atoms with Gasteiger partial charge in [-0.25, -0.2) is 4.79 Å². The predicted molar refractivity (Wildman–Crippen MR) is 112 cm³/mol. The van der Waals surface area contributed by atoms with E-state index in [1.165, 1.54) is 6.08 Å². The molecule has 2 aromatic rings. The third-order valence-corrected chi connectivity index (χ3v) is 4.25. The quantitative estimate of drug-likeness (QED) is 0.352. The topological polar surface area (TPSA) is 73.9 Å². The smallest absolute Gasteiger partial charge is 0.338 e. The van der Waals surface area contributed by atoms with Gasteiger partial charge in [-0.3, -0.25) is 4.79 Å². The minimum Gasteiger partial charge on any atom is -0.496 e. The molecular formula is C21H22BrNO5. The lowest BCUT2D eigenvalue weighted by Crippen LogP contribution is -2.12. The van der Waals surface area contributed by atoms with Crippen LogP contribution >= 0.6 is 15.9 Å². The Morgan fingerprint density at radius 1 is 1.14 bits per heavy atom. The van der Waals surface area contributed by atoms with E-state index in [1.807, 2.05) is 25.1 Å². The maximum absolute atomic E-state index is 12.2. The van der Waals surface area contributed by atoms with Gasteiger partial charge in [0.05, 0.1) is 23.8 Å². The molecule has 148 valence electrons. The van der Waals surface area contributed by atoms with Gasteiger partial charge in [-0.2, -0.15) is 0 Å². The van der Waals surface area contributed by atoms with Crippen molar-refractivity contribution >= 4 is 39.6 Å². The summed E-state index contributed by atoms with van der Waals surface area (Å²) in [6, 6.07) is 12.1. The van der Waals surface area contributed by atoms with Crippen LogP contribution in [0.15, 0.2) is 53.0 Å². The standard InChI is InChI=1S/C21H22BrNO5/c1-3-27-11-12-28-21(25)16-5-4-6-17(14-16)23-20(24)10-8-15-7-9-19(26-2)18(22)13-15/h4-10,13-14H,3,11-12H2,1-2H3,(H,23,24)/b10-8+. The fourth-order valence-corrected chi connectivity index (χ4v) is 2.85. The van der Waals surface area contributed by atoms with E-state index >= 15 is 0 Å². The highest BCUT2D eigenvalue weighted by Crippen LogP contribution is 2.26. The molecule has 1 N–H and O–H groups in total. The molecule has 0 aliphatic rings. The van der Waals surface area contributed by atoms with Crippen LogP contribution in [0.4, 0.5) is 5.69 Å². The van der Waals surface area contributed by atoms with E-state index < -0.39 is 5.97 Å². The lowest BCUT2D eigenvalue weighted by Gasteiger charge is -2.07. The first-order chi connectivity index (χ1) is 13.5. The fraction of sp³-hybridized carbons (Fsp3) is 0.238. The zero-order valence-electron chi connectivity index (χ0n) is 15.7. The van der Waals surface area contributed by atoms with Gasteiger partial charge < -0.3 is 19.5 Å². The number of ether oxygens (including phenoxy) is 3. The van der Waals surface area contributed by atoms with Crippen molar-refractivity contribution in [3.63, 3.8) is 0 Å². The monoisotopic (exact) mass is 447 g/mol. The first-order valence-corrected chi connectivity index (χ1v) is 9.50. The van der Waals surface area contributed by atoms with E-state index in [-0.39, 0.29) is 12.5 Å². The van der Waals surface area contributed by atoms with Crippen LogP contribution in [0.25, 0.3) is 6.08 Å². The van der Waals surface area contributed by atoms with Crippen molar-refractivity contribution in [3.05, 3.63) is 64.1 Å². The second-order valence-electron chi connectivity index (χ2n) is 5.63. The van der Waals surface area contributed by atoms with Crippen LogP contribution in [-0.2, 0) is 14.3 Å². The lowest BCUT2D eigenvalue weighted by atomic mass is 10.2. The Morgan fingerprint density at radius 3 is 2.68 bits per heavy atom. The number of methoxy groups -OCH3 is 1. The largest absolute Gasteiger partial charge is 0.496 e. The third-order valence-electron chi connectivity index (χ3n) is 3.63. The Bertz CT molecular complexity index is 850. The number of rotatable bonds is 9. The first kappa shape index (κ1) is 21.7. The van der Waals surface area contributed by atoms with Gasteiger partial charge in [0.2, 0.25) is 5.91 Å². The molecule has 6 nitrogen and oxygen atoms in total. The molecule has 0 aliphatic carbocycles. The van der Waals surface area contributed by atoms with Crippen LogP contribution in [0.5, 0.6) is 5.75 Å². The molecule has 0 atom stereocenters. The molecule has 0 unspecified atom stereocenters. The van der Waals surface area contributed by atoms with Crippen LogP contribution in [0.2, 0.25) is 0 Å². The van der Waals surface area contributed by atoms with Crippen molar-refractivity contribution in [3.8, 4) is 5.75 Å². The number of anilines is 1. The highest BCUT2D eigenvalue weighted by Gasteiger charge is 2.08. The van der Waals surface area contributed by atoms with E-state index in [9.17, 15) is 9.59 Å². The van der Waals surface area contributed by atoms with Crippen molar-refractivity contribution in [2.45, 2.75) is 6.92 Å². The van der Waals surface area contributed by atoms with Crippen LogP contribution in [0.3, 0.4) is 0 Å². The highest BCUT2D eigenvalue weighted by molar-refractivity contribution is 9.10.